The normalized spacial score (nSPS) is 11.3. The average Bonchev–Trinajstić information content (AvgIpc) is 3.23. The second-order valence-electron chi connectivity index (χ2n) is 12.5. The fourth-order valence-electron chi connectivity index (χ4n) is 5.19. The fourth-order valence-corrected chi connectivity index (χ4v) is 9.07. The lowest BCUT2D eigenvalue weighted by Crippen LogP contribution is -2.07. The Morgan fingerprint density at radius 2 is 0.898 bits per heavy atom. The van der Waals surface area contributed by atoms with Gasteiger partial charge in [0, 0.05) is 4.90 Å². The van der Waals surface area contributed by atoms with Crippen LogP contribution in [0.25, 0.3) is 11.1 Å². The van der Waals surface area contributed by atoms with E-state index < -0.39 is 34.7 Å². The SMILES string of the molecule is COc1ccc(-c2ccc(C)cc2)cc1.COc1ccc(S(=O)(=O)c2ccc(C)c(SOOO)c2)cc1S(=O)(=O)O.COc1ccc(S(=O)(=O)c2ccc(C)cc2)cc1. The number of aryl methyl sites for hydroxylation is 3. The first-order valence-electron chi connectivity index (χ1n) is 17.3. The number of sulfone groups is 2. The van der Waals surface area contributed by atoms with E-state index in [2.05, 4.69) is 52.7 Å². The Bertz CT molecular complexity index is 2650. The van der Waals surface area contributed by atoms with Crippen molar-refractivity contribution in [3.63, 3.8) is 0 Å². The third-order valence-electron chi connectivity index (χ3n) is 8.52. The maximum absolute atomic E-state index is 12.8. The Balaban J connectivity index is 0.000000204. The standard InChI is InChI=1S/C14H14O9S3.C14H14O3S.C14H14O/c1-9-3-4-10(7-13(9)24-23-22-15)25(16,17)11-5-6-12(21-2)14(8-11)26(18,19)20;1-11-3-7-13(8-4-11)18(15,16)14-9-5-12(17-2)6-10-14;1-11-3-5-12(6-4-11)13-7-9-14(15-2)10-8-13/h3-8,15H,1-2H3,(H,18,19,20);3-10H,1-2H3;3-10H,1-2H3. The highest BCUT2D eigenvalue weighted by molar-refractivity contribution is 7.94. The molecule has 6 aromatic carbocycles. The predicted octanol–water partition coefficient (Wildman–Crippen LogP) is 9.02. The topological polar surface area (TPSA) is 189 Å². The van der Waals surface area contributed by atoms with E-state index in [9.17, 15) is 29.8 Å². The van der Waals surface area contributed by atoms with Crippen molar-refractivity contribution in [2.24, 2.45) is 0 Å². The first-order chi connectivity index (χ1) is 27.9. The van der Waals surface area contributed by atoms with Gasteiger partial charge >= 0.3 is 0 Å². The predicted molar refractivity (Wildman–Crippen MR) is 223 cm³/mol. The molecule has 2 N–H and O–H groups in total. The molecule has 13 nitrogen and oxygen atoms in total. The molecule has 0 aliphatic carbocycles. The molecule has 0 radical (unpaired) electrons. The smallest absolute Gasteiger partial charge is 0.298 e. The summed E-state index contributed by atoms with van der Waals surface area (Å²) in [7, 11) is -7.83. The van der Waals surface area contributed by atoms with Crippen LogP contribution in [0.2, 0.25) is 0 Å². The summed E-state index contributed by atoms with van der Waals surface area (Å²) in [6.07, 6.45) is 0. The summed E-state index contributed by atoms with van der Waals surface area (Å²) in [5, 5.41) is 11.7. The molecule has 6 aromatic rings. The molecule has 0 saturated carbocycles. The van der Waals surface area contributed by atoms with Crippen LogP contribution in [0.1, 0.15) is 16.7 Å². The van der Waals surface area contributed by atoms with E-state index in [4.69, 9.17) is 19.5 Å². The molecule has 0 spiro atoms. The van der Waals surface area contributed by atoms with E-state index in [0.717, 1.165) is 29.5 Å². The van der Waals surface area contributed by atoms with E-state index in [1.165, 1.54) is 42.0 Å². The highest BCUT2D eigenvalue weighted by atomic mass is 32.2. The van der Waals surface area contributed by atoms with Gasteiger partial charge in [-0.05, 0) is 116 Å². The third-order valence-corrected chi connectivity index (χ3v) is 13.7. The van der Waals surface area contributed by atoms with Crippen LogP contribution in [0.4, 0.5) is 0 Å². The fraction of sp³-hybridized carbons (Fsp3) is 0.143. The molecule has 0 amide bonds. The van der Waals surface area contributed by atoms with Crippen molar-refractivity contribution in [1.29, 1.82) is 0 Å². The number of rotatable bonds is 12. The Hall–Kier alpha value is -5.24. The average molecular weight is 883 g/mol. The van der Waals surface area contributed by atoms with Crippen LogP contribution in [0.3, 0.4) is 0 Å². The summed E-state index contributed by atoms with van der Waals surface area (Å²) < 4.78 is 102. The van der Waals surface area contributed by atoms with E-state index >= 15 is 0 Å². The molecule has 0 heterocycles. The molecule has 17 heteroatoms. The van der Waals surface area contributed by atoms with Crippen molar-refractivity contribution < 1.29 is 58.6 Å². The van der Waals surface area contributed by atoms with Gasteiger partial charge in [-0.2, -0.15) is 8.42 Å². The van der Waals surface area contributed by atoms with Gasteiger partial charge in [0.2, 0.25) is 19.7 Å². The van der Waals surface area contributed by atoms with Crippen molar-refractivity contribution in [2.45, 2.75) is 50.1 Å². The van der Waals surface area contributed by atoms with E-state index in [1.807, 2.05) is 19.1 Å². The molecule has 0 fully saturated rings. The summed E-state index contributed by atoms with van der Waals surface area (Å²) in [5.41, 5.74) is 5.43. The molecular formula is C42H42O13S4. The van der Waals surface area contributed by atoms with E-state index in [0.29, 0.717) is 33.1 Å². The molecule has 59 heavy (non-hydrogen) atoms. The summed E-state index contributed by atoms with van der Waals surface area (Å²) in [6, 6.07) is 37.0. The highest BCUT2D eigenvalue weighted by Crippen LogP contribution is 2.33. The molecule has 0 aromatic heterocycles. The Kier molecular flexibility index (Phi) is 16.2. The number of hydrogen-bond donors (Lipinski definition) is 2. The number of hydrogen-bond acceptors (Lipinski definition) is 13. The Morgan fingerprint density at radius 1 is 0.492 bits per heavy atom. The zero-order chi connectivity index (χ0) is 43.4. The van der Waals surface area contributed by atoms with Crippen molar-refractivity contribution in [3.8, 4) is 28.4 Å². The maximum Gasteiger partial charge on any atom is 0.298 e. The quantitative estimate of drug-likeness (QED) is 0.0513. The molecule has 0 aliphatic rings. The minimum absolute atomic E-state index is 0.154. The molecule has 0 bridgehead atoms. The van der Waals surface area contributed by atoms with Crippen LogP contribution in [0, 0.1) is 20.8 Å². The first-order valence-corrected chi connectivity index (χ1v) is 22.4. The molecular weight excluding hydrogens is 841 g/mol. The second kappa shape index (κ2) is 20.6. The minimum Gasteiger partial charge on any atom is -0.497 e. The largest absolute Gasteiger partial charge is 0.497 e. The van der Waals surface area contributed by atoms with Crippen molar-refractivity contribution in [2.75, 3.05) is 21.3 Å². The van der Waals surface area contributed by atoms with Crippen molar-refractivity contribution in [3.05, 3.63) is 150 Å². The summed E-state index contributed by atoms with van der Waals surface area (Å²) >= 11 is 0.593. The highest BCUT2D eigenvalue weighted by Gasteiger charge is 2.25. The van der Waals surface area contributed by atoms with Crippen molar-refractivity contribution >= 4 is 41.8 Å². The third kappa shape index (κ3) is 12.4. The van der Waals surface area contributed by atoms with Crippen LogP contribution in [-0.2, 0) is 39.2 Å². The van der Waals surface area contributed by atoms with Gasteiger partial charge < -0.3 is 14.2 Å². The van der Waals surface area contributed by atoms with E-state index in [1.54, 1.807) is 69.7 Å². The van der Waals surface area contributed by atoms with Crippen LogP contribution in [0.15, 0.2) is 163 Å². The lowest BCUT2D eigenvalue weighted by atomic mass is 10.0. The summed E-state index contributed by atoms with van der Waals surface area (Å²) in [6.45, 7) is 5.70. The van der Waals surface area contributed by atoms with Gasteiger partial charge in [0.1, 0.15) is 22.1 Å². The number of ether oxygens (including phenoxy) is 3. The van der Waals surface area contributed by atoms with Gasteiger partial charge in [0.15, 0.2) is 0 Å². The summed E-state index contributed by atoms with van der Waals surface area (Å²) in [4.78, 5) is -0.252. The zero-order valence-electron chi connectivity index (χ0n) is 32.7. The van der Waals surface area contributed by atoms with Crippen LogP contribution >= 0.6 is 12.0 Å². The van der Waals surface area contributed by atoms with Gasteiger partial charge in [-0.1, -0.05) is 70.8 Å². The van der Waals surface area contributed by atoms with Crippen LogP contribution in [-0.4, -0.2) is 56.4 Å². The molecule has 0 unspecified atom stereocenters. The zero-order valence-corrected chi connectivity index (χ0v) is 36.0. The van der Waals surface area contributed by atoms with Crippen LogP contribution in [0.5, 0.6) is 17.2 Å². The van der Waals surface area contributed by atoms with Gasteiger partial charge in [-0.3, -0.25) is 4.55 Å². The number of benzene rings is 6. The van der Waals surface area contributed by atoms with E-state index in [-0.39, 0.29) is 20.4 Å². The molecule has 0 atom stereocenters. The Labute approximate surface area is 348 Å². The lowest BCUT2D eigenvalue weighted by Gasteiger charge is -2.11. The molecule has 0 saturated heterocycles. The molecule has 6 rings (SSSR count). The molecule has 312 valence electrons. The van der Waals surface area contributed by atoms with Crippen molar-refractivity contribution in [1.82, 2.24) is 0 Å². The monoisotopic (exact) mass is 882 g/mol. The van der Waals surface area contributed by atoms with Gasteiger partial charge in [-0.15, -0.1) is 4.33 Å². The number of methoxy groups -OCH3 is 3. The summed E-state index contributed by atoms with van der Waals surface area (Å²) in [5.74, 6) is 1.34. The lowest BCUT2D eigenvalue weighted by molar-refractivity contribution is -0.432. The maximum atomic E-state index is 12.8. The first kappa shape index (κ1) is 46.4. The van der Waals surface area contributed by atoms with Gasteiger partial charge in [0.25, 0.3) is 10.1 Å². The van der Waals surface area contributed by atoms with Crippen LogP contribution < -0.4 is 14.2 Å². The second-order valence-corrected chi connectivity index (χ2v) is 18.6. The molecule has 0 aliphatic heterocycles. The Morgan fingerprint density at radius 3 is 1.37 bits per heavy atom. The van der Waals surface area contributed by atoms with Gasteiger partial charge in [0.05, 0.1) is 53.0 Å². The van der Waals surface area contributed by atoms with Gasteiger partial charge in [-0.25, -0.2) is 22.1 Å². The minimum atomic E-state index is -4.70.